The van der Waals surface area contributed by atoms with Crippen molar-refractivity contribution in [3.05, 3.63) is 72.6 Å². The van der Waals surface area contributed by atoms with Crippen LogP contribution in [0.4, 0.5) is 0 Å². The SMILES string of the molecule is CSc1nc(-c2ccccc2)cn2c(-c3ccc(C(=O)NC4CC4)cc3)cnc12. The molecular weight excluding hydrogens is 380 g/mol. The van der Waals surface area contributed by atoms with Crippen molar-refractivity contribution in [2.24, 2.45) is 0 Å². The van der Waals surface area contributed by atoms with Crippen molar-refractivity contribution in [2.45, 2.75) is 23.9 Å². The van der Waals surface area contributed by atoms with E-state index in [1.54, 1.807) is 11.8 Å². The van der Waals surface area contributed by atoms with Gasteiger partial charge in [-0.1, -0.05) is 42.5 Å². The van der Waals surface area contributed by atoms with Gasteiger partial charge in [0, 0.05) is 28.9 Å². The molecule has 1 aliphatic carbocycles. The molecule has 4 aromatic rings. The molecule has 5 nitrogen and oxygen atoms in total. The first-order chi connectivity index (χ1) is 14.2. The third-order valence-electron chi connectivity index (χ3n) is 5.08. The van der Waals surface area contributed by atoms with Gasteiger partial charge < -0.3 is 5.32 Å². The van der Waals surface area contributed by atoms with Crippen molar-refractivity contribution in [2.75, 3.05) is 6.26 Å². The summed E-state index contributed by atoms with van der Waals surface area (Å²) < 4.78 is 2.08. The first kappa shape index (κ1) is 17.9. The molecule has 1 fully saturated rings. The van der Waals surface area contributed by atoms with Gasteiger partial charge in [-0.05, 0) is 31.2 Å². The van der Waals surface area contributed by atoms with E-state index < -0.39 is 0 Å². The van der Waals surface area contributed by atoms with Crippen molar-refractivity contribution < 1.29 is 4.79 Å². The second-order valence-electron chi connectivity index (χ2n) is 7.16. The Morgan fingerprint density at radius 2 is 1.83 bits per heavy atom. The molecule has 0 spiro atoms. The standard InChI is InChI=1S/C23H20N4OS/c1-29-23-21-24-13-20(27(21)14-19(26-23)15-5-3-2-4-6-15)16-7-9-17(10-8-16)22(28)25-18-11-12-18/h2-10,13-14,18H,11-12H2,1H3,(H,25,28). The van der Waals surface area contributed by atoms with Gasteiger partial charge in [0.1, 0.15) is 5.03 Å². The fourth-order valence-corrected chi connectivity index (χ4v) is 3.87. The molecule has 0 aliphatic heterocycles. The lowest BCUT2D eigenvalue weighted by molar-refractivity contribution is 0.0951. The molecule has 29 heavy (non-hydrogen) atoms. The summed E-state index contributed by atoms with van der Waals surface area (Å²) in [6.07, 6.45) is 8.08. The number of carbonyl (C=O) groups is 1. The van der Waals surface area contributed by atoms with Crippen molar-refractivity contribution in [1.29, 1.82) is 0 Å². The molecule has 1 aliphatic rings. The number of fused-ring (bicyclic) bond motifs is 1. The zero-order chi connectivity index (χ0) is 19.8. The maximum atomic E-state index is 12.3. The number of rotatable bonds is 5. The summed E-state index contributed by atoms with van der Waals surface area (Å²) in [5.41, 5.74) is 5.48. The Balaban J connectivity index is 1.55. The van der Waals surface area contributed by atoms with Gasteiger partial charge in [-0.15, -0.1) is 11.8 Å². The van der Waals surface area contributed by atoms with E-state index in [0.29, 0.717) is 11.6 Å². The maximum Gasteiger partial charge on any atom is 0.251 e. The summed E-state index contributed by atoms with van der Waals surface area (Å²) in [6, 6.07) is 18.2. The lowest BCUT2D eigenvalue weighted by Crippen LogP contribution is -2.25. The minimum Gasteiger partial charge on any atom is -0.349 e. The van der Waals surface area contributed by atoms with Gasteiger partial charge in [0.15, 0.2) is 5.65 Å². The zero-order valence-electron chi connectivity index (χ0n) is 16.0. The molecule has 1 amide bonds. The van der Waals surface area contributed by atoms with Gasteiger partial charge in [0.2, 0.25) is 0 Å². The second-order valence-corrected chi connectivity index (χ2v) is 7.96. The van der Waals surface area contributed by atoms with E-state index in [4.69, 9.17) is 4.98 Å². The predicted octanol–water partition coefficient (Wildman–Crippen LogP) is 4.68. The fourth-order valence-electron chi connectivity index (χ4n) is 3.35. The van der Waals surface area contributed by atoms with Crippen molar-refractivity contribution >= 4 is 23.3 Å². The van der Waals surface area contributed by atoms with Crippen molar-refractivity contribution in [3.63, 3.8) is 0 Å². The number of nitrogens with zero attached hydrogens (tertiary/aromatic N) is 3. The second kappa shape index (κ2) is 7.37. The first-order valence-corrected chi connectivity index (χ1v) is 10.8. The highest BCUT2D eigenvalue weighted by Crippen LogP contribution is 2.29. The molecule has 0 unspecified atom stereocenters. The number of imidazole rings is 1. The Kier molecular flexibility index (Phi) is 4.56. The van der Waals surface area contributed by atoms with Gasteiger partial charge in [-0.25, -0.2) is 9.97 Å². The van der Waals surface area contributed by atoms with Crippen LogP contribution in [0.5, 0.6) is 0 Å². The molecule has 6 heteroatoms. The maximum absolute atomic E-state index is 12.3. The van der Waals surface area contributed by atoms with Crippen LogP contribution in [0, 0.1) is 0 Å². The lowest BCUT2D eigenvalue weighted by atomic mass is 10.1. The van der Waals surface area contributed by atoms with Crippen LogP contribution in [0.2, 0.25) is 0 Å². The minimum atomic E-state index is -0.00238. The van der Waals surface area contributed by atoms with Gasteiger partial charge >= 0.3 is 0 Å². The summed E-state index contributed by atoms with van der Waals surface area (Å²) in [6.45, 7) is 0. The summed E-state index contributed by atoms with van der Waals surface area (Å²) in [5.74, 6) is -0.00238. The van der Waals surface area contributed by atoms with Crippen LogP contribution in [0.25, 0.3) is 28.2 Å². The number of benzene rings is 2. The Morgan fingerprint density at radius 1 is 1.07 bits per heavy atom. The molecule has 2 heterocycles. The molecule has 5 rings (SSSR count). The normalized spacial score (nSPS) is 13.6. The third kappa shape index (κ3) is 3.51. The quantitative estimate of drug-likeness (QED) is 0.494. The van der Waals surface area contributed by atoms with E-state index in [1.165, 1.54) is 0 Å². The van der Waals surface area contributed by atoms with Crippen LogP contribution in [-0.2, 0) is 0 Å². The topological polar surface area (TPSA) is 59.3 Å². The summed E-state index contributed by atoms with van der Waals surface area (Å²) in [4.78, 5) is 21.7. The molecular formula is C23H20N4OS. The highest BCUT2D eigenvalue weighted by Gasteiger charge is 2.23. The van der Waals surface area contributed by atoms with Gasteiger partial charge in [-0.3, -0.25) is 9.20 Å². The highest BCUT2D eigenvalue weighted by molar-refractivity contribution is 7.98. The van der Waals surface area contributed by atoms with E-state index in [9.17, 15) is 4.79 Å². The van der Waals surface area contributed by atoms with Crippen LogP contribution in [0.1, 0.15) is 23.2 Å². The van der Waals surface area contributed by atoms with Gasteiger partial charge in [-0.2, -0.15) is 0 Å². The van der Waals surface area contributed by atoms with Crippen LogP contribution < -0.4 is 5.32 Å². The average Bonchev–Trinajstić information content (AvgIpc) is 3.48. The lowest BCUT2D eigenvalue weighted by Gasteiger charge is -2.09. The molecule has 2 aromatic carbocycles. The monoisotopic (exact) mass is 400 g/mol. The average molecular weight is 401 g/mol. The van der Waals surface area contributed by atoms with Crippen LogP contribution >= 0.6 is 11.8 Å². The van der Waals surface area contributed by atoms with Crippen LogP contribution in [0.15, 0.2) is 72.0 Å². The molecule has 0 atom stereocenters. The number of aromatic nitrogens is 3. The summed E-state index contributed by atoms with van der Waals surface area (Å²) >= 11 is 1.59. The molecule has 2 aromatic heterocycles. The van der Waals surface area contributed by atoms with Crippen LogP contribution in [-0.4, -0.2) is 32.6 Å². The Bertz CT molecular complexity index is 1180. The van der Waals surface area contributed by atoms with E-state index >= 15 is 0 Å². The highest BCUT2D eigenvalue weighted by atomic mass is 32.2. The van der Waals surface area contributed by atoms with Crippen LogP contribution in [0.3, 0.4) is 0 Å². The van der Waals surface area contributed by atoms with E-state index in [-0.39, 0.29) is 5.91 Å². The summed E-state index contributed by atoms with van der Waals surface area (Å²) in [7, 11) is 0. The summed E-state index contributed by atoms with van der Waals surface area (Å²) in [5, 5.41) is 3.91. The van der Waals surface area contributed by atoms with Crippen molar-refractivity contribution in [3.8, 4) is 22.5 Å². The largest absolute Gasteiger partial charge is 0.349 e. The van der Waals surface area contributed by atoms with Gasteiger partial charge in [0.25, 0.3) is 5.91 Å². The number of amides is 1. The van der Waals surface area contributed by atoms with E-state index in [0.717, 1.165) is 46.0 Å². The third-order valence-corrected chi connectivity index (χ3v) is 5.74. The first-order valence-electron chi connectivity index (χ1n) is 9.62. The molecule has 1 N–H and O–H groups in total. The number of thioether (sulfide) groups is 1. The molecule has 0 radical (unpaired) electrons. The van der Waals surface area contributed by atoms with E-state index in [2.05, 4.69) is 26.8 Å². The Labute approximate surface area is 173 Å². The van der Waals surface area contributed by atoms with Gasteiger partial charge in [0.05, 0.1) is 17.6 Å². The number of hydrogen-bond donors (Lipinski definition) is 1. The molecule has 0 saturated heterocycles. The molecule has 0 bridgehead atoms. The number of carbonyl (C=O) groups excluding carboxylic acids is 1. The number of hydrogen-bond acceptors (Lipinski definition) is 4. The number of nitrogens with one attached hydrogen (secondary N) is 1. The molecule has 1 saturated carbocycles. The van der Waals surface area contributed by atoms with Crippen molar-refractivity contribution in [1.82, 2.24) is 19.7 Å². The smallest absolute Gasteiger partial charge is 0.251 e. The Hall–Kier alpha value is -3.12. The predicted molar refractivity (Wildman–Crippen MR) is 116 cm³/mol. The minimum absolute atomic E-state index is 0.00238. The molecule has 144 valence electrons. The Morgan fingerprint density at radius 3 is 2.52 bits per heavy atom. The zero-order valence-corrected chi connectivity index (χ0v) is 16.8. The van der Waals surface area contributed by atoms with E-state index in [1.807, 2.05) is 61.1 Å². The fraction of sp³-hybridized carbons (Fsp3) is 0.174.